The molecular weight excluding hydrogens is 231 g/mol. The Bertz CT molecular complexity index is 664. The van der Waals surface area contributed by atoms with Crippen LogP contribution in [0.2, 0.25) is 0 Å². The van der Waals surface area contributed by atoms with Crippen LogP contribution < -0.4 is 0 Å². The number of aromatic amines is 1. The summed E-state index contributed by atoms with van der Waals surface area (Å²) < 4.78 is 13.3. The summed E-state index contributed by atoms with van der Waals surface area (Å²) in [4.78, 5) is 0. The molecule has 0 aliphatic heterocycles. The lowest BCUT2D eigenvalue weighted by Crippen LogP contribution is -1.87. The molecule has 0 aliphatic rings. The monoisotopic (exact) mass is 240 g/mol. The van der Waals surface area contributed by atoms with Gasteiger partial charge in [-0.05, 0) is 28.5 Å². The minimum absolute atomic E-state index is 0.268. The molecule has 0 spiro atoms. The van der Waals surface area contributed by atoms with Crippen molar-refractivity contribution in [2.24, 2.45) is 0 Å². The van der Waals surface area contributed by atoms with E-state index in [0.29, 0.717) is 5.82 Å². The maximum absolute atomic E-state index is 13.3. The van der Waals surface area contributed by atoms with Gasteiger partial charge in [0.25, 0.3) is 0 Å². The molecule has 1 heterocycles. The van der Waals surface area contributed by atoms with E-state index in [2.05, 4.69) is 20.6 Å². The van der Waals surface area contributed by atoms with Crippen molar-refractivity contribution >= 4 is 0 Å². The van der Waals surface area contributed by atoms with Gasteiger partial charge in [0.1, 0.15) is 5.82 Å². The zero-order valence-electron chi connectivity index (χ0n) is 9.34. The van der Waals surface area contributed by atoms with Gasteiger partial charge in [0, 0.05) is 5.56 Å². The lowest BCUT2D eigenvalue weighted by atomic mass is 9.99. The molecule has 0 saturated heterocycles. The molecule has 3 aromatic rings. The molecule has 0 fully saturated rings. The fourth-order valence-corrected chi connectivity index (χ4v) is 1.86. The van der Waals surface area contributed by atoms with Gasteiger partial charge >= 0.3 is 0 Å². The molecule has 2 aromatic carbocycles. The Morgan fingerprint density at radius 2 is 1.78 bits per heavy atom. The highest BCUT2D eigenvalue weighted by Crippen LogP contribution is 2.29. The molecule has 5 heteroatoms. The number of halogens is 1. The van der Waals surface area contributed by atoms with E-state index >= 15 is 0 Å². The predicted molar refractivity (Wildman–Crippen MR) is 65.0 cm³/mol. The average Bonchev–Trinajstić information content (AvgIpc) is 2.92. The van der Waals surface area contributed by atoms with Crippen molar-refractivity contribution in [3.8, 4) is 22.5 Å². The Morgan fingerprint density at radius 1 is 0.944 bits per heavy atom. The Labute approximate surface area is 102 Å². The van der Waals surface area contributed by atoms with Crippen molar-refractivity contribution in [1.29, 1.82) is 0 Å². The van der Waals surface area contributed by atoms with Crippen LogP contribution >= 0.6 is 0 Å². The van der Waals surface area contributed by atoms with E-state index < -0.39 is 0 Å². The second-order valence-electron chi connectivity index (χ2n) is 3.79. The van der Waals surface area contributed by atoms with Gasteiger partial charge in [-0.3, -0.25) is 0 Å². The molecule has 0 radical (unpaired) electrons. The van der Waals surface area contributed by atoms with Crippen LogP contribution in [-0.2, 0) is 0 Å². The molecule has 0 aliphatic carbocycles. The van der Waals surface area contributed by atoms with Crippen molar-refractivity contribution in [2.45, 2.75) is 0 Å². The van der Waals surface area contributed by atoms with Crippen LogP contribution in [0.3, 0.4) is 0 Å². The van der Waals surface area contributed by atoms with Crippen molar-refractivity contribution in [1.82, 2.24) is 20.6 Å². The lowest BCUT2D eigenvalue weighted by Gasteiger charge is -2.06. The highest BCUT2D eigenvalue weighted by molar-refractivity contribution is 5.80. The predicted octanol–water partition coefficient (Wildman–Crippen LogP) is 2.67. The third kappa shape index (κ3) is 1.86. The summed E-state index contributed by atoms with van der Waals surface area (Å²) in [7, 11) is 0. The number of tetrazole rings is 1. The minimum Gasteiger partial charge on any atom is -0.207 e. The molecule has 0 unspecified atom stereocenters. The number of aromatic nitrogens is 4. The van der Waals surface area contributed by atoms with E-state index in [-0.39, 0.29) is 5.82 Å². The third-order valence-corrected chi connectivity index (χ3v) is 2.65. The molecule has 1 aromatic heterocycles. The average molecular weight is 240 g/mol. The number of hydrogen-bond acceptors (Lipinski definition) is 3. The Kier molecular flexibility index (Phi) is 2.57. The van der Waals surface area contributed by atoms with Crippen LogP contribution in [0.15, 0.2) is 48.5 Å². The first-order valence-corrected chi connectivity index (χ1v) is 5.43. The van der Waals surface area contributed by atoms with Gasteiger partial charge in [0.05, 0.1) is 0 Å². The van der Waals surface area contributed by atoms with Crippen LogP contribution in [0.4, 0.5) is 4.39 Å². The van der Waals surface area contributed by atoms with E-state index in [4.69, 9.17) is 0 Å². The molecule has 0 bridgehead atoms. The lowest BCUT2D eigenvalue weighted by molar-refractivity contribution is 0.628. The van der Waals surface area contributed by atoms with E-state index in [9.17, 15) is 4.39 Å². The van der Waals surface area contributed by atoms with Crippen LogP contribution in [-0.4, -0.2) is 20.6 Å². The summed E-state index contributed by atoms with van der Waals surface area (Å²) in [6.07, 6.45) is 0. The quantitative estimate of drug-likeness (QED) is 0.749. The van der Waals surface area contributed by atoms with Gasteiger partial charge in [-0.2, -0.15) is 5.21 Å². The Morgan fingerprint density at radius 3 is 2.50 bits per heavy atom. The highest BCUT2D eigenvalue weighted by Gasteiger charge is 2.10. The first-order valence-electron chi connectivity index (χ1n) is 5.43. The smallest absolute Gasteiger partial charge is 0.205 e. The number of H-pyrrole nitrogens is 1. The molecule has 0 saturated carbocycles. The van der Waals surface area contributed by atoms with Gasteiger partial charge in [-0.1, -0.05) is 36.4 Å². The van der Waals surface area contributed by atoms with Crippen molar-refractivity contribution in [3.63, 3.8) is 0 Å². The van der Waals surface area contributed by atoms with Crippen LogP contribution in [0, 0.1) is 5.82 Å². The number of nitrogens with one attached hydrogen (secondary N) is 1. The third-order valence-electron chi connectivity index (χ3n) is 2.65. The summed E-state index contributed by atoms with van der Waals surface area (Å²) in [5.74, 6) is 0.227. The molecule has 3 rings (SSSR count). The van der Waals surface area contributed by atoms with Crippen molar-refractivity contribution in [2.75, 3.05) is 0 Å². The Hall–Kier alpha value is -2.56. The minimum atomic E-state index is -0.268. The second kappa shape index (κ2) is 4.37. The van der Waals surface area contributed by atoms with Crippen molar-refractivity contribution < 1.29 is 4.39 Å². The summed E-state index contributed by atoms with van der Waals surface area (Å²) >= 11 is 0. The van der Waals surface area contributed by atoms with Crippen molar-refractivity contribution in [3.05, 3.63) is 54.3 Å². The maximum atomic E-state index is 13.3. The molecule has 4 nitrogen and oxygen atoms in total. The first kappa shape index (κ1) is 10.6. The second-order valence-corrected chi connectivity index (χ2v) is 3.79. The molecule has 0 atom stereocenters. The number of rotatable bonds is 2. The van der Waals surface area contributed by atoms with Crippen LogP contribution in [0.25, 0.3) is 22.5 Å². The molecular formula is C13H9FN4. The number of nitrogens with zero attached hydrogens (tertiary/aromatic N) is 3. The van der Waals surface area contributed by atoms with Gasteiger partial charge in [0.15, 0.2) is 0 Å². The zero-order chi connectivity index (χ0) is 12.4. The molecule has 88 valence electrons. The first-order chi connectivity index (χ1) is 8.84. The van der Waals surface area contributed by atoms with Gasteiger partial charge in [0.2, 0.25) is 5.82 Å². The van der Waals surface area contributed by atoms with E-state index in [1.54, 1.807) is 6.07 Å². The fourth-order valence-electron chi connectivity index (χ4n) is 1.86. The Balaban J connectivity index is 2.18. The maximum Gasteiger partial charge on any atom is 0.205 e. The number of hydrogen-bond donors (Lipinski definition) is 1. The van der Waals surface area contributed by atoms with Gasteiger partial charge in [-0.25, -0.2) is 4.39 Å². The fraction of sp³-hybridized carbons (Fsp3) is 0. The summed E-state index contributed by atoms with van der Waals surface area (Å²) in [6.45, 7) is 0. The highest BCUT2D eigenvalue weighted by atomic mass is 19.1. The van der Waals surface area contributed by atoms with Gasteiger partial charge in [-0.15, -0.1) is 10.2 Å². The molecule has 18 heavy (non-hydrogen) atoms. The van der Waals surface area contributed by atoms with Crippen LogP contribution in [0.5, 0.6) is 0 Å². The van der Waals surface area contributed by atoms with E-state index in [1.807, 2.05) is 30.3 Å². The largest absolute Gasteiger partial charge is 0.207 e. The standard InChI is InChI=1S/C13H9FN4/c14-10-5-3-4-9(8-10)11-6-1-2-7-12(11)13-15-17-18-16-13/h1-8H,(H,15,16,17,18). The topological polar surface area (TPSA) is 54.5 Å². The number of benzene rings is 2. The summed E-state index contributed by atoms with van der Waals surface area (Å²) in [5.41, 5.74) is 2.48. The molecule has 1 N–H and O–H groups in total. The van der Waals surface area contributed by atoms with Gasteiger partial charge < -0.3 is 0 Å². The summed E-state index contributed by atoms with van der Waals surface area (Å²) in [6, 6.07) is 14.0. The molecule has 0 amide bonds. The SMILES string of the molecule is Fc1cccc(-c2ccccc2-c2nn[nH]n2)c1. The zero-order valence-corrected chi connectivity index (χ0v) is 9.34. The van der Waals surface area contributed by atoms with Crippen LogP contribution in [0.1, 0.15) is 0 Å². The van der Waals surface area contributed by atoms with E-state index in [0.717, 1.165) is 16.7 Å². The normalized spacial score (nSPS) is 10.5. The van der Waals surface area contributed by atoms with E-state index in [1.165, 1.54) is 12.1 Å². The summed E-state index contributed by atoms with van der Waals surface area (Å²) in [5, 5.41) is 13.9.